The van der Waals surface area contributed by atoms with Crippen LogP contribution in [0, 0.1) is 6.92 Å². The predicted molar refractivity (Wildman–Crippen MR) is 66.7 cm³/mol. The van der Waals surface area contributed by atoms with Gasteiger partial charge >= 0.3 is 0 Å². The Labute approximate surface area is 110 Å². The van der Waals surface area contributed by atoms with Crippen LogP contribution in [0.3, 0.4) is 0 Å². The molecule has 2 N–H and O–H groups in total. The molecule has 19 heavy (non-hydrogen) atoms. The Kier molecular flexibility index (Phi) is 3.04. The van der Waals surface area contributed by atoms with Crippen molar-refractivity contribution in [2.75, 3.05) is 13.2 Å². The van der Waals surface area contributed by atoms with Crippen LogP contribution in [0.2, 0.25) is 0 Å². The lowest BCUT2D eigenvalue weighted by Gasteiger charge is -2.18. The molecular formula is C12H15N5O2. The second-order valence-corrected chi connectivity index (χ2v) is 4.60. The Bertz CT molecular complexity index is 562. The van der Waals surface area contributed by atoms with Crippen LogP contribution in [-0.2, 0) is 4.74 Å². The SMILES string of the molecule is Cc1cc[nH]c1C(=O)N[C@H]1COC[C@H]1n1ccnn1. The molecule has 3 heterocycles. The fraction of sp³-hybridized carbons (Fsp3) is 0.417. The maximum Gasteiger partial charge on any atom is 0.268 e. The summed E-state index contributed by atoms with van der Waals surface area (Å²) >= 11 is 0. The number of rotatable bonds is 3. The van der Waals surface area contributed by atoms with Crippen molar-refractivity contribution in [2.24, 2.45) is 0 Å². The summed E-state index contributed by atoms with van der Waals surface area (Å²) in [6.07, 6.45) is 5.15. The minimum Gasteiger partial charge on any atom is -0.377 e. The average molecular weight is 261 g/mol. The van der Waals surface area contributed by atoms with Gasteiger partial charge in [-0.15, -0.1) is 5.10 Å². The molecule has 0 aliphatic carbocycles. The van der Waals surface area contributed by atoms with E-state index in [1.54, 1.807) is 23.3 Å². The Morgan fingerprint density at radius 1 is 1.58 bits per heavy atom. The first-order valence-corrected chi connectivity index (χ1v) is 6.14. The Hall–Kier alpha value is -2.15. The molecule has 1 aliphatic rings. The Balaban J connectivity index is 1.72. The van der Waals surface area contributed by atoms with Crippen molar-refractivity contribution >= 4 is 5.91 Å². The topological polar surface area (TPSA) is 84.8 Å². The van der Waals surface area contributed by atoms with Gasteiger partial charge in [0, 0.05) is 12.4 Å². The first kappa shape index (κ1) is 11.9. The van der Waals surface area contributed by atoms with Crippen molar-refractivity contribution in [1.82, 2.24) is 25.3 Å². The Morgan fingerprint density at radius 3 is 3.16 bits per heavy atom. The van der Waals surface area contributed by atoms with Crippen LogP contribution in [0.1, 0.15) is 22.1 Å². The van der Waals surface area contributed by atoms with Gasteiger partial charge in [-0.25, -0.2) is 4.68 Å². The molecule has 1 amide bonds. The third-order valence-electron chi connectivity index (χ3n) is 3.33. The van der Waals surface area contributed by atoms with Crippen molar-refractivity contribution < 1.29 is 9.53 Å². The third kappa shape index (κ3) is 2.24. The highest BCUT2D eigenvalue weighted by atomic mass is 16.5. The summed E-state index contributed by atoms with van der Waals surface area (Å²) in [4.78, 5) is 15.1. The summed E-state index contributed by atoms with van der Waals surface area (Å²) in [6, 6.07) is 1.76. The number of aromatic amines is 1. The van der Waals surface area contributed by atoms with Gasteiger partial charge in [-0.2, -0.15) is 0 Å². The first-order chi connectivity index (χ1) is 9.25. The summed E-state index contributed by atoms with van der Waals surface area (Å²) in [5, 5.41) is 10.7. The minimum absolute atomic E-state index is 0.0123. The maximum atomic E-state index is 12.2. The average Bonchev–Trinajstić information content (AvgIpc) is 3.07. The number of hydrogen-bond acceptors (Lipinski definition) is 4. The van der Waals surface area contributed by atoms with E-state index in [4.69, 9.17) is 4.74 Å². The number of aromatic nitrogens is 4. The molecule has 7 nitrogen and oxygen atoms in total. The zero-order valence-corrected chi connectivity index (χ0v) is 10.5. The highest BCUT2D eigenvalue weighted by Crippen LogP contribution is 2.18. The molecule has 0 spiro atoms. The maximum absolute atomic E-state index is 12.2. The van der Waals surface area contributed by atoms with Gasteiger partial charge in [-0.05, 0) is 18.6 Å². The first-order valence-electron chi connectivity index (χ1n) is 6.14. The molecule has 0 radical (unpaired) electrons. The van der Waals surface area contributed by atoms with E-state index in [0.717, 1.165) is 5.56 Å². The molecule has 0 bridgehead atoms. The normalized spacial score (nSPS) is 22.6. The predicted octanol–water partition coefficient (Wildman–Crippen LogP) is 0.285. The summed E-state index contributed by atoms with van der Waals surface area (Å²) < 4.78 is 7.15. The fourth-order valence-corrected chi connectivity index (χ4v) is 2.27. The molecule has 1 saturated heterocycles. The van der Waals surface area contributed by atoms with Gasteiger partial charge < -0.3 is 15.0 Å². The highest BCUT2D eigenvalue weighted by molar-refractivity contribution is 5.94. The number of nitrogens with zero attached hydrogens (tertiary/aromatic N) is 3. The standard InChI is InChI=1S/C12H15N5O2/c1-8-2-3-13-11(8)12(18)15-9-6-19-7-10(9)17-5-4-14-16-17/h2-5,9-10,13H,6-7H2,1H3,(H,15,18)/t9-,10+/m0/s1. The smallest absolute Gasteiger partial charge is 0.268 e. The van der Waals surface area contributed by atoms with Crippen molar-refractivity contribution in [1.29, 1.82) is 0 Å². The van der Waals surface area contributed by atoms with Gasteiger partial charge in [0.05, 0.1) is 31.5 Å². The van der Waals surface area contributed by atoms with Crippen molar-refractivity contribution in [3.63, 3.8) is 0 Å². The molecule has 3 rings (SSSR count). The van der Waals surface area contributed by atoms with E-state index in [1.807, 2.05) is 13.0 Å². The monoisotopic (exact) mass is 261 g/mol. The van der Waals surface area contributed by atoms with Gasteiger partial charge in [0.2, 0.25) is 0 Å². The molecule has 100 valence electrons. The van der Waals surface area contributed by atoms with E-state index in [2.05, 4.69) is 20.6 Å². The lowest BCUT2D eigenvalue weighted by Crippen LogP contribution is -2.41. The third-order valence-corrected chi connectivity index (χ3v) is 3.33. The van der Waals surface area contributed by atoms with Crippen LogP contribution in [0.25, 0.3) is 0 Å². The van der Waals surface area contributed by atoms with Crippen molar-refractivity contribution in [3.05, 3.63) is 35.9 Å². The number of H-pyrrole nitrogens is 1. The molecule has 1 aliphatic heterocycles. The van der Waals surface area contributed by atoms with E-state index >= 15 is 0 Å². The van der Waals surface area contributed by atoms with E-state index in [9.17, 15) is 4.79 Å². The van der Waals surface area contributed by atoms with E-state index in [-0.39, 0.29) is 18.0 Å². The van der Waals surface area contributed by atoms with Gasteiger partial charge in [0.15, 0.2) is 0 Å². The highest BCUT2D eigenvalue weighted by Gasteiger charge is 2.32. The minimum atomic E-state index is -0.122. The molecule has 1 fully saturated rings. The van der Waals surface area contributed by atoms with Gasteiger partial charge in [-0.3, -0.25) is 4.79 Å². The molecule has 2 atom stereocenters. The lowest BCUT2D eigenvalue weighted by molar-refractivity contribution is 0.0920. The molecule has 0 aromatic carbocycles. The number of nitrogens with one attached hydrogen (secondary N) is 2. The molecule has 2 aromatic rings. The molecule has 2 aromatic heterocycles. The van der Waals surface area contributed by atoms with Crippen LogP contribution in [-0.4, -0.2) is 45.1 Å². The number of carbonyl (C=O) groups excluding carboxylic acids is 1. The van der Waals surface area contributed by atoms with Crippen LogP contribution in [0.4, 0.5) is 0 Å². The van der Waals surface area contributed by atoms with Crippen molar-refractivity contribution in [2.45, 2.75) is 19.0 Å². The summed E-state index contributed by atoms with van der Waals surface area (Å²) in [6.45, 7) is 2.90. The quantitative estimate of drug-likeness (QED) is 0.831. The van der Waals surface area contributed by atoms with E-state index in [0.29, 0.717) is 18.9 Å². The second kappa shape index (κ2) is 4.85. The molecule has 7 heteroatoms. The van der Waals surface area contributed by atoms with Gasteiger partial charge in [-0.1, -0.05) is 5.21 Å². The largest absolute Gasteiger partial charge is 0.377 e. The zero-order valence-electron chi connectivity index (χ0n) is 10.5. The van der Waals surface area contributed by atoms with Crippen molar-refractivity contribution in [3.8, 4) is 0 Å². The van der Waals surface area contributed by atoms with Crippen LogP contribution in [0.5, 0.6) is 0 Å². The van der Waals surface area contributed by atoms with Crippen LogP contribution in [0.15, 0.2) is 24.7 Å². The number of ether oxygens (including phenoxy) is 1. The number of aryl methyl sites for hydroxylation is 1. The molecule has 0 saturated carbocycles. The van der Waals surface area contributed by atoms with Crippen LogP contribution < -0.4 is 5.32 Å². The number of hydrogen-bond donors (Lipinski definition) is 2. The van der Waals surface area contributed by atoms with Crippen LogP contribution >= 0.6 is 0 Å². The summed E-state index contributed by atoms with van der Waals surface area (Å²) in [5.74, 6) is -0.122. The summed E-state index contributed by atoms with van der Waals surface area (Å²) in [5.41, 5.74) is 1.51. The van der Waals surface area contributed by atoms with Gasteiger partial charge in [0.25, 0.3) is 5.91 Å². The molecular weight excluding hydrogens is 246 g/mol. The number of carbonyl (C=O) groups is 1. The zero-order chi connectivity index (χ0) is 13.2. The lowest BCUT2D eigenvalue weighted by atomic mass is 10.1. The number of amides is 1. The fourth-order valence-electron chi connectivity index (χ4n) is 2.27. The summed E-state index contributed by atoms with van der Waals surface area (Å²) in [7, 11) is 0. The Morgan fingerprint density at radius 2 is 2.47 bits per heavy atom. The van der Waals surface area contributed by atoms with E-state index < -0.39 is 0 Å². The van der Waals surface area contributed by atoms with Gasteiger partial charge in [0.1, 0.15) is 5.69 Å². The second-order valence-electron chi connectivity index (χ2n) is 4.60. The van der Waals surface area contributed by atoms with E-state index in [1.165, 1.54) is 0 Å². The molecule has 0 unspecified atom stereocenters.